The highest BCUT2D eigenvalue weighted by molar-refractivity contribution is 7.92. The van der Waals surface area contributed by atoms with E-state index in [1.54, 1.807) is 43.3 Å². The predicted molar refractivity (Wildman–Crippen MR) is 135 cm³/mol. The number of aryl methyl sites for hydroxylation is 1. The fourth-order valence-corrected chi connectivity index (χ4v) is 4.62. The fourth-order valence-electron chi connectivity index (χ4n) is 3.20. The number of carbonyl (C=O) groups excluding carboxylic acids is 1. The van der Waals surface area contributed by atoms with Crippen LogP contribution >= 0.6 is 0 Å². The lowest BCUT2D eigenvalue weighted by atomic mass is 10.2. The Morgan fingerprint density at radius 3 is 2.35 bits per heavy atom. The van der Waals surface area contributed by atoms with Crippen LogP contribution in [0.25, 0.3) is 0 Å². The second-order valence-corrected chi connectivity index (χ2v) is 9.95. The summed E-state index contributed by atoms with van der Waals surface area (Å²) in [5.41, 5.74) is 2.32. The number of rotatable bonds is 10. The second kappa shape index (κ2) is 11.9. The summed E-state index contributed by atoms with van der Waals surface area (Å²) in [4.78, 5) is 12.5. The third-order valence-electron chi connectivity index (χ3n) is 5.11. The van der Waals surface area contributed by atoms with Gasteiger partial charge in [0.25, 0.3) is 15.9 Å². The fraction of sp³-hybridized carbons (Fsp3) is 0.231. The number of benzene rings is 3. The van der Waals surface area contributed by atoms with Crippen molar-refractivity contribution in [1.29, 1.82) is 0 Å². The van der Waals surface area contributed by atoms with Crippen molar-refractivity contribution in [3.63, 3.8) is 0 Å². The van der Waals surface area contributed by atoms with Gasteiger partial charge < -0.3 is 4.74 Å². The Hall–Kier alpha value is -3.86. The highest BCUT2D eigenvalue weighted by Gasteiger charge is 2.33. The minimum atomic E-state index is -4.70. The van der Waals surface area contributed by atoms with Crippen molar-refractivity contribution in [1.82, 2.24) is 5.43 Å². The van der Waals surface area contributed by atoms with Crippen molar-refractivity contribution in [3.05, 3.63) is 89.5 Å². The summed E-state index contributed by atoms with van der Waals surface area (Å²) in [7, 11) is -4.38. The third-order valence-corrected chi connectivity index (χ3v) is 6.90. The average Bonchev–Trinajstić information content (AvgIpc) is 2.86. The van der Waals surface area contributed by atoms with E-state index in [2.05, 4.69) is 10.5 Å². The first-order valence-electron chi connectivity index (χ1n) is 11.3. The first-order chi connectivity index (χ1) is 17.5. The number of anilines is 1. The zero-order valence-corrected chi connectivity index (χ0v) is 21.0. The molecule has 37 heavy (non-hydrogen) atoms. The normalized spacial score (nSPS) is 11.9. The molecule has 0 atom stereocenters. The summed E-state index contributed by atoms with van der Waals surface area (Å²) in [6, 6.07) is 16.5. The van der Waals surface area contributed by atoms with E-state index in [4.69, 9.17) is 4.74 Å². The quantitative estimate of drug-likeness (QED) is 0.289. The van der Waals surface area contributed by atoms with Gasteiger partial charge in [-0.1, -0.05) is 30.7 Å². The molecule has 11 heteroatoms. The molecular formula is C26H26F3N3O4S. The SMILES string of the molecule is CCCOc1ccc(/C=N/NC(=O)CN(c2cccc(C(F)(F)F)c2)S(=O)(=O)c2ccc(C)cc2)cc1. The molecule has 0 aromatic heterocycles. The number of hydrogen-bond donors (Lipinski definition) is 1. The van der Waals surface area contributed by atoms with Gasteiger partial charge in [0.2, 0.25) is 0 Å². The molecule has 0 radical (unpaired) electrons. The lowest BCUT2D eigenvalue weighted by Gasteiger charge is -2.24. The number of amides is 1. The van der Waals surface area contributed by atoms with Gasteiger partial charge in [0, 0.05) is 0 Å². The summed E-state index contributed by atoms with van der Waals surface area (Å²) < 4.78 is 72.7. The lowest BCUT2D eigenvalue weighted by molar-refractivity contribution is -0.137. The topological polar surface area (TPSA) is 88.1 Å². The number of hydrogen-bond acceptors (Lipinski definition) is 5. The van der Waals surface area contributed by atoms with Gasteiger partial charge in [-0.05, 0) is 73.5 Å². The monoisotopic (exact) mass is 533 g/mol. The molecule has 1 amide bonds. The van der Waals surface area contributed by atoms with Crippen molar-refractivity contribution in [2.24, 2.45) is 5.10 Å². The molecule has 3 aromatic carbocycles. The number of ether oxygens (including phenoxy) is 1. The smallest absolute Gasteiger partial charge is 0.416 e. The average molecular weight is 534 g/mol. The minimum absolute atomic E-state index is 0.169. The molecule has 0 heterocycles. The van der Waals surface area contributed by atoms with E-state index in [9.17, 15) is 26.4 Å². The van der Waals surface area contributed by atoms with E-state index in [1.165, 1.54) is 24.4 Å². The first-order valence-corrected chi connectivity index (χ1v) is 12.8. The third kappa shape index (κ3) is 7.56. The molecule has 196 valence electrons. The van der Waals surface area contributed by atoms with Crippen LogP contribution in [0, 0.1) is 6.92 Å². The van der Waals surface area contributed by atoms with Crippen LogP contribution in [-0.4, -0.2) is 33.7 Å². The molecule has 3 rings (SSSR count). The number of halogens is 3. The molecular weight excluding hydrogens is 507 g/mol. The zero-order valence-electron chi connectivity index (χ0n) is 20.2. The molecule has 1 N–H and O–H groups in total. The number of nitrogens with one attached hydrogen (secondary N) is 1. The molecule has 0 saturated heterocycles. The standard InChI is InChI=1S/C26H26F3N3O4S/c1-3-15-36-23-11-9-20(10-12-23)17-30-31-25(33)18-32(22-6-4-5-21(16-22)26(27,28)29)37(34,35)24-13-7-19(2)8-14-24/h4-14,16-17H,3,15,18H2,1-2H3,(H,31,33)/b30-17+. The highest BCUT2D eigenvalue weighted by atomic mass is 32.2. The van der Waals surface area contributed by atoms with Crippen molar-refractivity contribution < 1.29 is 31.1 Å². The van der Waals surface area contributed by atoms with E-state index >= 15 is 0 Å². The maximum absolute atomic E-state index is 13.4. The molecule has 0 aliphatic heterocycles. The summed E-state index contributed by atoms with van der Waals surface area (Å²) in [6.45, 7) is 3.54. The van der Waals surface area contributed by atoms with Crippen LogP contribution in [0.1, 0.15) is 30.0 Å². The van der Waals surface area contributed by atoms with Gasteiger partial charge in [0.15, 0.2) is 0 Å². The Kier molecular flexibility index (Phi) is 8.93. The van der Waals surface area contributed by atoms with E-state index in [0.29, 0.717) is 28.3 Å². The Balaban J connectivity index is 1.82. The van der Waals surface area contributed by atoms with Crippen LogP contribution < -0.4 is 14.5 Å². The molecule has 7 nitrogen and oxygen atoms in total. The lowest BCUT2D eigenvalue weighted by Crippen LogP contribution is -2.39. The molecule has 0 aliphatic rings. The molecule has 0 saturated carbocycles. The molecule has 0 spiro atoms. The largest absolute Gasteiger partial charge is 0.494 e. The highest BCUT2D eigenvalue weighted by Crippen LogP contribution is 2.33. The minimum Gasteiger partial charge on any atom is -0.494 e. The van der Waals surface area contributed by atoms with Gasteiger partial charge in [0.1, 0.15) is 12.3 Å². The van der Waals surface area contributed by atoms with Crippen molar-refractivity contribution in [2.75, 3.05) is 17.5 Å². The number of nitrogens with zero attached hydrogens (tertiary/aromatic N) is 2. The van der Waals surface area contributed by atoms with Gasteiger partial charge in [-0.3, -0.25) is 9.10 Å². The summed E-state index contributed by atoms with van der Waals surface area (Å²) in [6.07, 6.45) is -2.48. The van der Waals surface area contributed by atoms with Gasteiger partial charge in [-0.25, -0.2) is 13.8 Å². The van der Waals surface area contributed by atoms with Crippen LogP contribution in [-0.2, 0) is 21.0 Å². The zero-order chi connectivity index (χ0) is 27.1. The summed E-state index contributed by atoms with van der Waals surface area (Å²) in [5.74, 6) is -0.159. The van der Waals surface area contributed by atoms with E-state index in [0.717, 1.165) is 24.1 Å². The Morgan fingerprint density at radius 1 is 1.05 bits per heavy atom. The molecule has 0 unspecified atom stereocenters. The van der Waals surface area contributed by atoms with Crippen LogP contribution in [0.4, 0.5) is 18.9 Å². The van der Waals surface area contributed by atoms with Crippen LogP contribution in [0.3, 0.4) is 0 Å². The van der Waals surface area contributed by atoms with Crippen molar-refractivity contribution in [2.45, 2.75) is 31.3 Å². The Labute approximate surface area is 213 Å². The van der Waals surface area contributed by atoms with Gasteiger partial charge in [-0.15, -0.1) is 0 Å². The molecule has 3 aromatic rings. The van der Waals surface area contributed by atoms with E-state index in [1.807, 2.05) is 6.92 Å². The molecule has 0 bridgehead atoms. The summed E-state index contributed by atoms with van der Waals surface area (Å²) in [5, 5.41) is 3.84. The van der Waals surface area contributed by atoms with Gasteiger partial charge in [-0.2, -0.15) is 18.3 Å². The number of hydrazone groups is 1. The Bertz CT molecular complexity index is 1340. The molecule has 0 aliphatic carbocycles. The number of carbonyl (C=O) groups is 1. The number of alkyl halides is 3. The van der Waals surface area contributed by atoms with Gasteiger partial charge in [0.05, 0.1) is 29.0 Å². The second-order valence-electron chi connectivity index (χ2n) is 8.08. The van der Waals surface area contributed by atoms with Gasteiger partial charge >= 0.3 is 6.18 Å². The Morgan fingerprint density at radius 2 is 1.73 bits per heavy atom. The van der Waals surface area contributed by atoms with Crippen LogP contribution in [0.2, 0.25) is 0 Å². The first kappa shape index (κ1) is 27.7. The van der Waals surface area contributed by atoms with E-state index in [-0.39, 0.29) is 10.6 Å². The maximum Gasteiger partial charge on any atom is 0.416 e. The molecule has 0 fully saturated rings. The van der Waals surface area contributed by atoms with Crippen LogP contribution in [0.5, 0.6) is 5.75 Å². The van der Waals surface area contributed by atoms with Crippen LogP contribution in [0.15, 0.2) is 82.8 Å². The number of sulfonamides is 1. The van der Waals surface area contributed by atoms with Crippen molar-refractivity contribution in [3.8, 4) is 5.75 Å². The maximum atomic E-state index is 13.4. The van der Waals surface area contributed by atoms with Crippen molar-refractivity contribution >= 4 is 27.8 Å². The van der Waals surface area contributed by atoms with E-state index < -0.39 is 34.2 Å². The summed E-state index contributed by atoms with van der Waals surface area (Å²) >= 11 is 0. The predicted octanol–water partition coefficient (Wildman–Crippen LogP) is 5.15.